The van der Waals surface area contributed by atoms with Gasteiger partial charge in [-0.25, -0.2) is 23.1 Å². The number of hydrogen-bond donors (Lipinski definition) is 1. The zero-order valence-electron chi connectivity index (χ0n) is 19.0. The van der Waals surface area contributed by atoms with Gasteiger partial charge in [0.1, 0.15) is 10.7 Å². The second kappa shape index (κ2) is 9.19. The summed E-state index contributed by atoms with van der Waals surface area (Å²) in [5.74, 6) is 0.554. The fourth-order valence-electron chi connectivity index (χ4n) is 4.43. The minimum atomic E-state index is -3.76. The molecule has 4 rings (SSSR count). The first-order valence-electron chi connectivity index (χ1n) is 11.3. The predicted molar refractivity (Wildman–Crippen MR) is 122 cm³/mol. The summed E-state index contributed by atoms with van der Waals surface area (Å²) in [7, 11) is -3.76. The van der Waals surface area contributed by atoms with Gasteiger partial charge in [-0.2, -0.15) is 0 Å². The number of pyridine rings is 1. The molecule has 0 aromatic carbocycles. The van der Waals surface area contributed by atoms with Crippen molar-refractivity contribution in [2.45, 2.75) is 57.5 Å². The average Bonchev–Trinajstić information content (AvgIpc) is 3.07. The molecule has 2 aliphatic rings. The fourth-order valence-corrected chi connectivity index (χ4v) is 5.86. The first kappa shape index (κ1) is 22.7. The second-order valence-electron chi connectivity index (χ2n) is 8.98. The molecule has 9 nitrogen and oxygen atoms in total. The minimum absolute atomic E-state index is 0.0504. The van der Waals surface area contributed by atoms with Crippen molar-refractivity contribution in [2.24, 2.45) is 5.92 Å². The monoisotopic (exact) mass is 460 g/mol. The van der Waals surface area contributed by atoms with Crippen molar-refractivity contribution in [3.63, 3.8) is 0 Å². The van der Waals surface area contributed by atoms with Gasteiger partial charge in [0.2, 0.25) is 15.9 Å². The van der Waals surface area contributed by atoms with Crippen molar-refractivity contribution in [1.82, 2.24) is 24.2 Å². The van der Waals surface area contributed by atoms with Crippen LogP contribution in [0.1, 0.15) is 38.1 Å². The lowest BCUT2D eigenvalue weighted by Gasteiger charge is -2.27. The van der Waals surface area contributed by atoms with E-state index in [9.17, 15) is 13.2 Å². The zero-order chi connectivity index (χ0) is 22.9. The van der Waals surface area contributed by atoms with Crippen molar-refractivity contribution in [3.8, 4) is 0 Å². The molecule has 10 heteroatoms. The largest absolute Gasteiger partial charge is 0.354 e. The Labute approximate surface area is 189 Å². The van der Waals surface area contributed by atoms with Gasteiger partial charge in [0, 0.05) is 68.7 Å². The smallest absolute Gasteiger partial charge is 0.244 e. The van der Waals surface area contributed by atoms with Gasteiger partial charge in [-0.3, -0.25) is 4.79 Å². The number of nitrogens with zero attached hydrogens (tertiary/aromatic N) is 5. The van der Waals surface area contributed by atoms with Crippen molar-refractivity contribution in [3.05, 3.63) is 36.0 Å². The molecule has 1 atom stereocenters. The Hall–Kier alpha value is -2.46. The number of fused-ring (bicyclic) bond motifs is 1. The van der Waals surface area contributed by atoms with Crippen LogP contribution in [0.2, 0.25) is 0 Å². The molecule has 1 N–H and O–H groups in total. The third kappa shape index (κ3) is 4.80. The lowest BCUT2D eigenvalue weighted by Crippen LogP contribution is -2.41. The van der Waals surface area contributed by atoms with E-state index in [2.05, 4.69) is 19.3 Å². The maximum Gasteiger partial charge on any atom is 0.244 e. The molecular formula is C22H32N6O3S. The molecule has 2 aliphatic heterocycles. The van der Waals surface area contributed by atoms with Gasteiger partial charge in [-0.15, -0.1) is 0 Å². The number of aromatic nitrogens is 3. The Balaban J connectivity index is 1.55. The molecule has 4 heterocycles. The number of sulfonamides is 1. The van der Waals surface area contributed by atoms with Crippen molar-refractivity contribution in [2.75, 3.05) is 31.1 Å². The highest BCUT2D eigenvalue weighted by Gasteiger charge is 2.30. The number of carbonyl (C=O) groups is 1. The quantitative estimate of drug-likeness (QED) is 0.727. The Morgan fingerprint density at radius 2 is 1.97 bits per heavy atom. The number of aryl methyl sites for hydroxylation is 2. The number of rotatable bonds is 5. The van der Waals surface area contributed by atoms with Gasteiger partial charge < -0.3 is 14.4 Å². The average molecular weight is 461 g/mol. The molecule has 0 bridgehead atoms. The number of imidazole rings is 1. The highest BCUT2D eigenvalue weighted by Crippen LogP contribution is 2.26. The molecule has 1 fully saturated rings. The summed E-state index contributed by atoms with van der Waals surface area (Å²) in [6.45, 7) is 8.86. The standard InChI is InChI=1S/C22H32N6O3S/c1-16(2)22(29)27-9-4-8-26(11-12-27)21-20(6-5-17(3)24-21)32(30,31)25-18-7-10-28-15-23-14-19(28)13-18/h5-6,14-16,18,25H,4,7-13H2,1-3H3. The van der Waals surface area contributed by atoms with Crippen LogP contribution in [0.25, 0.3) is 0 Å². The predicted octanol–water partition coefficient (Wildman–Crippen LogP) is 1.57. The summed E-state index contributed by atoms with van der Waals surface area (Å²) >= 11 is 0. The van der Waals surface area contributed by atoms with Crippen LogP contribution in [0.4, 0.5) is 5.82 Å². The highest BCUT2D eigenvalue weighted by molar-refractivity contribution is 7.89. The van der Waals surface area contributed by atoms with Gasteiger partial charge in [-0.05, 0) is 31.9 Å². The molecule has 2 aromatic heterocycles. The molecule has 2 aromatic rings. The van der Waals surface area contributed by atoms with Gasteiger partial charge in [0.25, 0.3) is 0 Å². The van der Waals surface area contributed by atoms with Crippen LogP contribution in [0.15, 0.2) is 29.6 Å². The van der Waals surface area contributed by atoms with E-state index in [1.165, 1.54) is 0 Å². The summed E-state index contributed by atoms with van der Waals surface area (Å²) in [5, 5.41) is 0. The summed E-state index contributed by atoms with van der Waals surface area (Å²) in [5.41, 5.74) is 1.80. The molecule has 32 heavy (non-hydrogen) atoms. The van der Waals surface area contributed by atoms with E-state index in [1.54, 1.807) is 24.7 Å². The first-order chi connectivity index (χ1) is 15.2. The Kier molecular flexibility index (Phi) is 6.52. The van der Waals surface area contributed by atoms with Gasteiger partial charge in [0.05, 0.1) is 6.33 Å². The number of nitrogens with one attached hydrogen (secondary N) is 1. The molecular weight excluding hydrogens is 428 g/mol. The van der Waals surface area contributed by atoms with E-state index < -0.39 is 10.0 Å². The zero-order valence-corrected chi connectivity index (χ0v) is 19.8. The molecule has 0 saturated carbocycles. The molecule has 0 spiro atoms. The Bertz CT molecular complexity index is 1080. The van der Waals surface area contributed by atoms with Crippen molar-refractivity contribution >= 4 is 21.7 Å². The van der Waals surface area contributed by atoms with E-state index in [0.717, 1.165) is 24.4 Å². The van der Waals surface area contributed by atoms with E-state index in [0.29, 0.717) is 44.8 Å². The van der Waals surface area contributed by atoms with Crippen LogP contribution in [0.3, 0.4) is 0 Å². The second-order valence-corrected chi connectivity index (χ2v) is 10.7. The SMILES string of the molecule is Cc1ccc(S(=O)(=O)NC2CCn3cncc3C2)c(N2CCCN(C(=O)C(C)C)CC2)n1. The van der Waals surface area contributed by atoms with Crippen LogP contribution in [-0.2, 0) is 27.8 Å². The number of hydrogen-bond acceptors (Lipinski definition) is 6. The Morgan fingerprint density at radius 3 is 2.75 bits per heavy atom. The number of amides is 1. The fraction of sp³-hybridized carbons (Fsp3) is 0.591. The molecule has 1 unspecified atom stereocenters. The van der Waals surface area contributed by atoms with Crippen LogP contribution in [0.5, 0.6) is 0 Å². The molecule has 0 aliphatic carbocycles. The third-order valence-corrected chi connectivity index (χ3v) is 7.70. The van der Waals surface area contributed by atoms with Crippen LogP contribution >= 0.6 is 0 Å². The highest BCUT2D eigenvalue weighted by atomic mass is 32.2. The molecule has 0 radical (unpaired) electrons. The lowest BCUT2D eigenvalue weighted by atomic mass is 10.1. The van der Waals surface area contributed by atoms with Gasteiger partial charge in [0.15, 0.2) is 0 Å². The van der Waals surface area contributed by atoms with Crippen LogP contribution in [-0.4, -0.2) is 66.0 Å². The van der Waals surface area contributed by atoms with Crippen LogP contribution < -0.4 is 9.62 Å². The van der Waals surface area contributed by atoms with E-state index >= 15 is 0 Å². The maximum atomic E-state index is 13.4. The summed E-state index contributed by atoms with van der Waals surface area (Å²) in [6, 6.07) is 3.21. The summed E-state index contributed by atoms with van der Waals surface area (Å²) in [4.78, 5) is 25.3. The Morgan fingerprint density at radius 1 is 1.16 bits per heavy atom. The summed E-state index contributed by atoms with van der Waals surface area (Å²) in [6.07, 6.45) is 5.68. The van der Waals surface area contributed by atoms with Crippen LogP contribution in [0, 0.1) is 12.8 Å². The van der Waals surface area contributed by atoms with Crippen molar-refractivity contribution in [1.29, 1.82) is 0 Å². The third-order valence-electron chi connectivity index (χ3n) is 6.16. The minimum Gasteiger partial charge on any atom is -0.354 e. The molecule has 1 saturated heterocycles. The van der Waals surface area contributed by atoms with Gasteiger partial charge >= 0.3 is 0 Å². The molecule has 174 valence electrons. The normalized spacial score (nSPS) is 19.7. The number of anilines is 1. The summed E-state index contributed by atoms with van der Waals surface area (Å²) < 4.78 is 31.8. The first-order valence-corrected chi connectivity index (χ1v) is 12.8. The molecule has 1 amide bonds. The van der Waals surface area contributed by atoms with Crippen molar-refractivity contribution < 1.29 is 13.2 Å². The van der Waals surface area contributed by atoms with Gasteiger partial charge in [-0.1, -0.05) is 13.8 Å². The van der Waals surface area contributed by atoms with E-state index in [-0.39, 0.29) is 22.8 Å². The lowest BCUT2D eigenvalue weighted by molar-refractivity contribution is -0.134. The number of carbonyl (C=O) groups excluding carboxylic acids is 1. The van der Waals surface area contributed by atoms with E-state index in [1.807, 2.05) is 30.6 Å². The maximum absolute atomic E-state index is 13.4. The van der Waals surface area contributed by atoms with E-state index in [4.69, 9.17) is 0 Å². The topological polar surface area (TPSA) is 100 Å².